The summed E-state index contributed by atoms with van der Waals surface area (Å²) in [6.07, 6.45) is 4.01. The molecule has 0 aliphatic heterocycles. The van der Waals surface area contributed by atoms with Crippen LogP contribution in [0.25, 0.3) is 0 Å². The molecule has 2 rings (SSSR count). The van der Waals surface area contributed by atoms with Crippen molar-refractivity contribution in [3.63, 3.8) is 0 Å². The molecule has 2 heteroatoms. The van der Waals surface area contributed by atoms with Crippen LogP contribution >= 0.6 is 0 Å². The van der Waals surface area contributed by atoms with Crippen LogP contribution < -0.4 is 5.32 Å². The fourth-order valence-electron chi connectivity index (χ4n) is 2.18. The summed E-state index contributed by atoms with van der Waals surface area (Å²) in [6.45, 7) is 6.44. The zero-order valence-corrected chi connectivity index (χ0v) is 9.92. The van der Waals surface area contributed by atoms with Gasteiger partial charge < -0.3 is 9.73 Å². The van der Waals surface area contributed by atoms with Crippen LogP contribution in [0, 0.1) is 12.8 Å². The first-order valence-electron chi connectivity index (χ1n) is 6.03. The molecule has 0 radical (unpaired) electrons. The molecule has 1 aromatic rings. The summed E-state index contributed by atoms with van der Waals surface area (Å²) >= 11 is 0. The van der Waals surface area contributed by atoms with Crippen molar-refractivity contribution < 1.29 is 4.42 Å². The first-order chi connectivity index (χ1) is 7.20. The van der Waals surface area contributed by atoms with Crippen LogP contribution in [0.3, 0.4) is 0 Å². The van der Waals surface area contributed by atoms with Crippen molar-refractivity contribution in [2.75, 3.05) is 0 Å². The van der Waals surface area contributed by atoms with E-state index in [1.807, 2.05) is 13.0 Å². The van der Waals surface area contributed by atoms with Gasteiger partial charge >= 0.3 is 0 Å². The van der Waals surface area contributed by atoms with Crippen LogP contribution in [0.2, 0.25) is 0 Å². The van der Waals surface area contributed by atoms with Gasteiger partial charge in [-0.05, 0) is 51.2 Å². The summed E-state index contributed by atoms with van der Waals surface area (Å²) in [7, 11) is 0. The zero-order chi connectivity index (χ0) is 10.8. The summed E-state index contributed by atoms with van der Waals surface area (Å²) in [4.78, 5) is 0. The normalized spacial score (nSPS) is 20.2. The van der Waals surface area contributed by atoms with Gasteiger partial charge in [-0.15, -0.1) is 0 Å². The van der Waals surface area contributed by atoms with E-state index < -0.39 is 0 Å². The van der Waals surface area contributed by atoms with Crippen molar-refractivity contribution in [3.8, 4) is 0 Å². The SMILES string of the molecule is CCC(NC(C)c1ccc(C)o1)C1CC1. The minimum absolute atomic E-state index is 0.337. The Morgan fingerprint density at radius 1 is 1.47 bits per heavy atom. The lowest BCUT2D eigenvalue weighted by Gasteiger charge is -2.20. The highest BCUT2D eigenvalue weighted by atomic mass is 16.3. The maximum Gasteiger partial charge on any atom is 0.120 e. The molecular weight excluding hydrogens is 186 g/mol. The number of hydrogen-bond acceptors (Lipinski definition) is 2. The number of hydrogen-bond donors (Lipinski definition) is 1. The molecule has 0 spiro atoms. The third kappa shape index (κ3) is 2.63. The molecule has 2 nitrogen and oxygen atoms in total. The molecule has 0 saturated heterocycles. The molecule has 0 bridgehead atoms. The lowest BCUT2D eigenvalue weighted by atomic mass is 10.1. The lowest BCUT2D eigenvalue weighted by Crippen LogP contribution is -2.32. The van der Waals surface area contributed by atoms with E-state index in [1.54, 1.807) is 0 Å². The summed E-state index contributed by atoms with van der Waals surface area (Å²) in [5, 5.41) is 3.66. The second-order valence-electron chi connectivity index (χ2n) is 4.69. The Labute approximate surface area is 92.1 Å². The Morgan fingerprint density at radius 3 is 2.67 bits per heavy atom. The van der Waals surface area contributed by atoms with Gasteiger partial charge in [0.25, 0.3) is 0 Å². The van der Waals surface area contributed by atoms with Crippen LogP contribution in [0.5, 0.6) is 0 Å². The van der Waals surface area contributed by atoms with Crippen molar-refractivity contribution in [2.24, 2.45) is 5.92 Å². The van der Waals surface area contributed by atoms with Crippen molar-refractivity contribution in [3.05, 3.63) is 23.7 Å². The lowest BCUT2D eigenvalue weighted by molar-refractivity contribution is 0.354. The monoisotopic (exact) mass is 207 g/mol. The smallest absolute Gasteiger partial charge is 0.120 e. The van der Waals surface area contributed by atoms with Gasteiger partial charge in [0, 0.05) is 6.04 Å². The Hall–Kier alpha value is -0.760. The third-order valence-electron chi connectivity index (χ3n) is 3.28. The molecule has 1 heterocycles. The van der Waals surface area contributed by atoms with Crippen molar-refractivity contribution in [1.29, 1.82) is 0 Å². The van der Waals surface area contributed by atoms with Gasteiger partial charge in [-0.2, -0.15) is 0 Å². The highest BCUT2D eigenvalue weighted by Gasteiger charge is 2.31. The van der Waals surface area contributed by atoms with Gasteiger partial charge in [-0.1, -0.05) is 6.92 Å². The molecule has 2 unspecified atom stereocenters. The average molecular weight is 207 g/mol. The molecule has 0 aromatic carbocycles. The van der Waals surface area contributed by atoms with Crippen LogP contribution in [0.4, 0.5) is 0 Å². The van der Waals surface area contributed by atoms with Gasteiger partial charge in [-0.25, -0.2) is 0 Å². The molecule has 1 aliphatic carbocycles. The Balaban J connectivity index is 1.92. The van der Waals surface area contributed by atoms with E-state index in [0.29, 0.717) is 12.1 Å². The second-order valence-corrected chi connectivity index (χ2v) is 4.69. The van der Waals surface area contributed by atoms with Crippen LogP contribution in [-0.4, -0.2) is 6.04 Å². The van der Waals surface area contributed by atoms with Gasteiger partial charge in [0.05, 0.1) is 6.04 Å². The van der Waals surface area contributed by atoms with E-state index >= 15 is 0 Å². The molecule has 0 amide bonds. The predicted molar refractivity (Wildman–Crippen MR) is 61.8 cm³/mol. The summed E-state index contributed by atoms with van der Waals surface area (Å²) in [5.41, 5.74) is 0. The fraction of sp³-hybridized carbons (Fsp3) is 0.692. The molecule has 1 saturated carbocycles. The van der Waals surface area contributed by atoms with Crippen LogP contribution in [-0.2, 0) is 0 Å². The third-order valence-corrected chi connectivity index (χ3v) is 3.28. The highest BCUT2D eigenvalue weighted by molar-refractivity contribution is 5.09. The van der Waals surface area contributed by atoms with Crippen LogP contribution in [0.1, 0.15) is 50.7 Å². The first-order valence-corrected chi connectivity index (χ1v) is 6.03. The molecule has 84 valence electrons. The fourth-order valence-corrected chi connectivity index (χ4v) is 2.18. The number of furan rings is 1. The summed E-state index contributed by atoms with van der Waals surface area (Å²) in [6, 6.07) is 5.12. The van der Waals surface area contributed by atoms with Gasteiger partial charge in [0.15, 0.2) is 0 Å². The minimum Gasteiger partial charge on any atom is -0.465 e. The number of rotatable bonds is 5. The Morgan fingerprint density at radius 2 is 2.20 bits per heavy atom. The predicted octanol–water partition coefficient (Wildman–Crippen LogP) is 3.43. The van der Waals surface area contributed by atoms with Gasteiger partial charge in [0.2, 0.25) is 0 Å². The van der Waals surface area contributed by atoms with Gasteiger partial charge in [-0.3, -0.25) is 0 Å². The molecule has 2 atom stereocenters. The second kappa shape index (κ2) is 4.40. The maximum atomic E-state index is 5.63. The van der Waals surface area contributed by atoms with E-state index in [2.05, 4.69) is 25.2 Å². The summed E-state index contributed by atoms with van der Waals surface area (Å²) in [5.74, 6) is 2.97. The topological polar surface area (TPSA) is 25.2 Å². The maximum absolute atomic E-state index is 5.63. The average Bonchev–Trinajstić information content (AvgIpc) is 2.97. The molecule has 15 heavy (non-hydrogen) atoms. The Bertz CT molecular complexity index is 314. The van der Waals surface area contributed by atoms with Crippen molar-refractivity contribution in [1.82, 2.24) is 5.32 Å². The first kappa shape index (κ1) is 10.7. The van der Waals surface area contributed by atoms with E-state index in [-0.39, 0.29) is 0 Å². The summed E-state index contributed by atoms with van der Waals surface area (Å²) < 4.78 is 5.63. The van der Waals surface area contributed by atoms with Crippen molar-refractivity contribution in [2.45, 2.75) is 52.1 Å². The number of nitrogens with one attached hydrogen (secondary N) is 1. The van der Waals surface area contributed by atoms with E-state index in [4.69, 9.17) is 4.42 Å². The highest BCUT2D eigenvalue weighted by Crippen LogP contribution is 2.35. The van der Waals surface area contributed by atoms with Crippen LogP contribution in [0.15, 0.2) is 16.5 Å². The van der Waals surface area contributed by atoms with Crippen molar-refractivity contribution >= 4 is 0 Å². The van der Waals surface area contributed by atoms with E-state index in [0.717, 1.165) is 17.4 Å². The Kier molecular flexibility index (Phi) is 3.15. The molecule has 1 aliphatic rings. The molecule has 1 N–H and O–H groups in total. The molecule has 1 aromatic heterocycles. The molecule has 1 fully saturated rings. The van der Waals surface area contributed by atoms with E-state index in [1.165, 1.54) is 19.3 Å². The molecular formula is C13H21NO. The zero-order valence-electron chi connectivity index (χ0n) is 9.92. The van der Waals surface area contributed by atoms with Gasteiger partial charge in [0.1, 0.15) is 11.5 Å². The largest absolute Gasteiger partial charge is 0.465 e. The quantitative estimate of drug-likeness (QED) is 0.800. The minimum atomic E-state index is 0.337. The number of aryl methyl sites for hydroxylation is 1. The van der Waals surface area contributed by atoms with E-state index in [9.17, 15) is 0 Å². The standard InChI is InChI=1S/C13H21NO/c1-4-12(11-6-7-11)14-10(3)13-8-5-9(2)15-13/h5,8,10-12,14H,4,6-7H2,1-3H3.